The van der Waals surface area contributed by atoms with E-state index in [1.54, 1.807) is 12.5 Å². The van der Waals surface area contributed by atoms with Crippen molar-refractivity contribution in [2.75, 3.05) is 7.11 Å². The monoisotopic (exact) mass is 185 g/mol. The standard InChI is InChI=1S/C5H3ClN4.CH3O/c6-5-7-1-3-4(10-5)9-2-8-3;1-2/h1-2H,(H,7,8,9,10);1H3. The van der Waals surface area contributed by atoms with Crippen molar-refractivity contribution < 1.29 is 5.11 Å². The van der Waals surface area contributed by atoms with Crippen LogP contribution in [0.4, 0.5) is 0 Å². The number of halogens is 1. The molecular formula is C6H6ClN4O. The molecule has 0 amide bonds. The second-order valence-electron chi connectivity index (χ2n) is 1.78. The zero-order valence-corrected chi connectivity index (χ0v) is 7.04. The second-order valence-corrected chi connectivity index (χ2v) is 2.11. The summed E-state index contributed by atoms with van der Waals surface area (Å²) in [4.78, 5) is 14.4. The molecule has 0 fully saturated rings. The maximum Gasteiger partial charge on any atom is 0.224 e. The fraction of sp³-hybridized carbons (Fsp3) is 0.167. The van der Waals surface area contributed by atoms with E-state index in [1.807, 2.05) is 0 Å². The average molecular weight is 186 g/mol. The SMILES string of the molecule is C[O].Clc1ncc2nc[nH]c2n1. The van der Waals surface area contributed by atoms with E-state index in [0.717, 1.165) is 12.6 Å². The van der Waals surface area contributed by atoms with E-state index in [1.165, 1.54) is 0 Å². The molecule has 0 unspecified atom stereocenters. The lowest BCUT2D eigenvalue weighted by Gasteiger charge is -1.85. The van der Waals surface area contributed by atoms with Crippen LogP contribution in [0.1, 0.15) is 0 Å². The maximum atomic E-state index is 8.25. The van der Waals surface area contributed by atoms with E-state index in [9.17, 15) is 0 Å². The van der Waals surface area contributed by atoms with Gasteiger partial charge in [-0.25, -0.2) is 15.1 Å². The van der Waals surface area contributed by atoms with Crippen LogP contribution < -0.4 is 0 Å². The van der Waals surface area contributed by atoms with E-state index in [4.69, 9.17) is 16.7 Å². The normalized spacial score (nSPS) is 9.25. The molecule has 2 aromatic rings. The number of hydrogen-bond acceptors (Lipinski definition) is 3. The van der Waals surface area contributed by atoms with Gasteiger partial charge in [0.1, 0.15) is 5.52 Å². The lowest BCUT2D eigenvalue weighted by Crippen LogP contribution is -1.81. The first-order valence-electron chi connectivity index (χ1n) is 3.09. The molecule has 6 heteroatoms. The lowest BCUT2D eigenvalue weighted by molar-refractivity contribution is 0.282. The van der Waals surface area contributed by atoms with Crippen LogP contribution >= 0.6 is 11.6 Å². The van der Waals surface area contributed by atoms with E-state index in [-0.39, 0.29) is 5.28 Å². The minimum absolute atomic E-state index is 0.233. The number of H-pyrrole nitrogens is 1. The zero-order chi connectivity index (χ0) is 8.97. The molecule has 0 saturated carbocycles. The van der Waals surface area contributed by atoms with Gasteiger partial charge in [0, 0.05) is 0 Å². The first kappa shape index (κ1) is 8.89. The molecule has 0 aliphatic carbocycles. The van der Waals surface area contributed by atoms with Crippen LogP contribution in [-0.4, -0.2) is 27.0 Å². The largest absolute Gasteiger partial charge is 0.329 e. The first-order valence-corrected chi connectivity index (χ1v) is 3.46. The summed E-state index contributed by atoms with van der Waals surface area (Å²) in [5, 5.41) is 8.48. The van der Waals surface area contributed by atoms with E-state index in [0.29, 0.717) is 5.65 Å². The molecule has 0 aromatic carbocycles. The van der Waals surface area contributed by atoms with E-state index in [2.05, 4.69) is 19.9 Å². The van der Waals surface area contributed by atoms with Crippen LogP contribution in [0.15, 0.2) is 12.5 Å². The van der Waals surface area contributed by atoms with Crippen molar-refractivity contribution in [3.63, 3.8) is 0 Å². The number of hydrogen-bond donors (Lipinski definition) is 1. The Bertz CT molecular complexity index is 361. The van der Waals surface area contributed by atoms with Gasteiger partial charge in [-0.15, -0.1) is 0 Å². The van der Waals surface area contributed by atoms with Crippen molar-refractivity contribution in [2.24, 2.45) is 0 Å². The second kappa shape index (κ2) is 3.99. The van der Waals surface area contributed by atoms with Crippen LogP contribution in [-0.2, 0) is 5.11 Å². The van der Waals surface area contributed by atoms with E-state index >= 15 is 0 Å². The highest BCUT2D eigenvalue weighted by Crippen LogP contribution is 2.06. The Labute approximate surface area is 73.4 Å². The van der Waals surface area contributed by atoms with Crippen LogP contribution in [0.2, 0.25) is 5.28 Å². The number of imidazole rings is 1. The predicted octanol–water partition coefficient (Wildman–Crippen LogP) is 1.05. The highest BCUT2D eigenvalue weighted by atomic mass is 35.5. The Morgan fingerprint density at radius 1 is 1.42 bits per heavy atom. The molecule has 5 nitrogen and oxygen atoms in total. The molecule has 0 spiro atoms. The van der Waals surface area contributed by atoms with Gasteiger partial charge in [-0.1, -0.05) is 0 Å². The number of fused-ring (bicyclic) bond motifs is 1. The fourth-order valence-electron chi connectivity index (χ4n) is 0.718. The van der Waals surface area contributed by atoms with Gasteiger partial charge in [-0.3, -0.25) is 0 Å². The minimum atomic E-state index is 0.233. The number of rotatable bonds is 0. The highest BCUT2D eigenvalue weighted by molar-refractivity contribution is 6.28. The third-order valence-electron chi connectivity index (χ3n) is 1.14. The topological polar surface area (TPSA) is 74.4 Å². The number of nitrogens with zero attached hydrogens (tertiary/aromatic N) is 3. The molecule has 0 aliphatic rings. The summed E-state index contributed by atoms with van der Waals surface area (Å²) in [5.74, 6) is 0. The number of nitrogens with one attached hydrogen (secondary N) is 1. The van der Waals surface area contributed by atoms with Gasteiger partial charge in [0.2, 0.25) is 5.28 Å². The smallest absolute Gasteiger partial charge is 0.224 e. The Hall–Kier alpha value is -1.20. The van der Waals surface area contributed by atoms with Crippen molar-refractivity contribution in [2.45, 2.75) is 0 Å². The summed E-state index contributed by atoms with van der Waals surface area (Å²) in [7, 11) is 0.750. The Morgan fingerprint density at radius 2 is 2.17 bits per heavy atom. The van der Waals surface area contributed by atoms with Crippen molar-refractivity contribution in [1.29, 1.82) is 0 Å². The van der Waals surface area contributed by atoms with Crippen molar-refractivity contribution >= 4 is 22.8 Å². The van der Waals surface area contributed by atoms with Gasteiger partial charge < -0.3 is 4.98 Å². The van der Waals surface area contributed by atoms with Crippen molar-refractivity contribution in [3.05, 3.63) is 17.8 Å². The van der Waals surface area contributed by atoms with Gasteiger partial charge in [0.15, 0.2) is 5.65 Å². The van der Waals surface area contributed by atoms with Gasteiger partial charge in [0.05, 0.1) is 19.6 Å². The number of aromatic nitrogens is 4. The lowest BCUT2D eigenvalue weighted by atomic mass is 10.6. The van der Waals surface area contributed by atoms with Gasteiger partial charge in [-0.05, 0) is 11.6 Å². The predicted molar refractivity (Wildman–Crippen MR) is 43.3 cm³/mol. The average Bonchev–Trinajstić information content (AvgIpc) is 2.54. The Balaban J connectivity index is 0.000000336. The molecule has 0 bridgehead atoms. The molecule has 0 saturated heterocycles. The third kappa shape index (κ3) is 1.69. The quantitative estimate of drug-likeness (QED) is 0.624. The minimum Gasteiger partial charge on any atom is -0.329 e. The summed E-state index contributed by atoms with van der Waals surface area (Å²) in [6.07, 6.45) is 3.12. The summed E-state index contributed by atoms with van der Waals surface area (Å²) >= 11 is 5.51. The number of aromatic amines is 1. The fourth-order valence-corrected chi connectivity index (χ4v) is 0.851. The highest BCUT2D eigenvalue weighted by Gasteiger charge is 1.96. The molecule has 2 rings (SSSR count). The van der Waals surface area contributed by atoms with Gasteiger partial charge in [0.25, 0.3) is 0 Å². The molecule has 2 aromatic heterocycles. The molecule has 1 radical (unpaired) electrons. The van der Waals surface area contributed by atoms with Crippen LogP contribution in [0, 0.1) is 0 Å². The molecule has 12 heavy (non-hydrogen) atoms. The third-order valence-corrected chi connectivity index (χ3v) is 1.33. The molecule has 0 atom stereocenters. The van der Waals surface area contributed by atoms with Crippen molar-refractivity contribution in [3.8, 4) is 0 Å². The van der Waals surface area contributed by atoms with Crippen LogP contribution in [0.3, 0.4) is 0 Å². The molecule has 63 valence electrons. The summed E-state index contributed by atoms with van der Waals surface area (Å²) in [5.41, 5.74) is 1.39. The van der Waals surface area contributed by atoms with Gasteiger partial charge >= 0.3 is 0 Å². The Kier molecular flexibility index (Phi) is 2.95. The molecule has 2 heterocycles. The zero-order valence-electron chi connectivity index (χ0n) is 6.28. The molecule has 1 N–H and O–H groups in total. The van der Waals surface area contributed by atoms with Crippen LogP contribution in [0.5, 0.6) is 0 Å². The van der Waals surface area contributed by atoms with Crippen LogP contribution in [0.25, 0.3) is 11.2 Å². The van der Waals surface area contributed by atoms with Crippen molar-refractivity contribution in [1.82, 2.24) is 19.9 Å². The Morgan fingerprint density at radius 3 is 2.92 bits per heavy atom. The first-order chi connectivity index (χ1) is 5.86. The molecular weight excluding hydrogens is 180 g/mol. The summed E-state index contributed by atoms with van der Waals surface area (Å²) in [6, 6.07) is 0. The molecule has 0 aliphatic heterocycles. The summed E-state index contributed by atoms with van der Waals surface area (Å²) < 4.78 is 0. The van der Waals surface area contributed by atoms with E-state index < -0.39 is 0 Å². The maximum absolute atomic E-state index is 8.25. The van der Waals surface area contributed by atoms with Gasteiger partial charge in [-0.2, -0.15) is 4.98 Å². The summed E-state index contributed by atoms with van der Waals surface area (Å²) in [6.45, 7) is 0.